The predicted octanol–water partition coefficient (Wildman–Crippen LogP) is 3.14. The first-order valence-electron chi connectivity index (χ1n) is 11.0. The minimum Gasteiger partial charge on any atom is -0.378 e. The molecule has 2 aliphatic heterocycles. The van der Waals surface area contributed by atoms with Gasteiger partial charge in [-0.3, -0.25) is 14.8 Å². The van der Waals surface area contributed by atoms with Crippen LogP contribution in [0, 0.1) is 0 Å². The van der Waals surface area contributed by atoms with Gasteiger partial charge in [-0.25, -0.2) is 0 Å². The molecule has 0 saturated carbocycles. The number of amides is 1. The second-order valence-electron chi connectivity index (χ2n) is 8.54. The van der Waals surface area contributed by atoms with Gasteiger partial charge in [0, 0.05) is 31.6 Å². The third kappa shape index (κ3) is 3.71. The summed E-state index contributed by atoms with van der Waals surface area (Å²) in [5, 5.41) is 7.45. The Labute approximate surface area is 172 Å². The second-order valence-corrected chi connectivity index (χ2v) is 8.54. The first-order chi connectivity index (χ1) is 14.3. The molecule has 2 aromatic rings. The maximum Gasteiger partial charge on any atom is 0.257 e. The Bertz CT molecular complexity index is 858. The first kappa shape index (κ1) is 18.8. The number of carbonyl (C=O) groups excluding carboxylic acids is 1. The summed E-state index contributed by atoms with van der Waals surface area (Å²) < 4.78 is 5.40. The monoisotopic (exact) mass is 394 g/mol. The van der Waals surface area contributed by atoms with Gasteiger partial charge in [0.25, 0.3) is 5.91 Å². The van der Waals surface area contributed by atoms with E-state index in [2.05, 4.69) is 39.4 Å². The van der Waals surface area contributed by atoms with E-state index in [0.29, 0.717) is 38.3 Å². The van der Waals surface area contributed by atoms with E-state index in [1.54, 1.807) is 6.20 Å². The lowest BCUT2D eigenvalue weighted by molar-refractivity contribution is 0.0301. The van der Waals surface area contributed by atoms with Gasteiger partial charge in [0.15, 0.2) is 0 Å². The molecule has 0 spiro atoms. The van der Waals surface area contributed by atoms with Crippen molar-refractivity contribution in [3.05, 3.63) is 52.8 Å². The summed E-state index contributed by atoms with van der Waals surface area (Å²) in [6, 6.07) is 9.44. The number of aryl methyl sites for hydroxylation is 1. The smallest absolute Gasteiger partial charge is 0.257 e. The fourth-order valence-electron chi connectivity index (χ4n) is 5.35. The zero-order valence-corrected chi connectivity index (χ0v) is 17.0. The molecule has 1 amide bonds. The molecule has 3 aliphatic rings. The Kier molecular flexibility index (Phi) is 5.38. The van der Waals surface area contributed by atoms with E-state index in [4.69, 9.17) is 4.74 Å². The highest BCUT2D eigenvalue weighted by Gasteiger charge is 2.33. The number of aromatic amines is 1. The first-order valence-corrected chi connectivity index (χ1v) is 11.0. The zero-order chi connectivity index (χ0) is 19.6. The molecule has 6 nitrogen and oxygen atoms in total. The molecule has 0 unspecified atom stereocenters. The average Bonchev–Trinajstić information content (AvgIpc) is 3.29. The average molecular weight is 395 g/mol. The van der Waals surface area contributed by atoms with E-state index in [-0.39, 0.29) is 5.91 Å². The Balaban J connectivity index is 1.35. The topological polar surface area (TPSA) is 61.5 Å². The van der Waals surface area contributed by atoms with Gasteiger partial charge in [-0.15, -0.1) is 0 Å². The van der Waals surface area contributed by atoms with Gasteiger partial charge in [-0.05, 0) is 49.8 Å². The number of aromatic nitrogens is 2. The van der Waals surface area contributed by atoms with Crippen molar-refractivity contribution >= 4 is 5.91 Å². The van der Waals surface area contributed by atoms with E-state index in [1.165, 1.54) is 30.4 Å². The number of rotatable bonds is 3. The van der Waals surface area contributed by atoms with E-state index < -0.39 is 0 Å². The summed E-state index contributed by atoms with van der Waals surface area (Å²) in [6.07, 6.45) is 7.68. The van der Waals surface area contributed by atoms with Crippen molar-refractivity contribution < 1.29 is 9.53 Å². The number of likely N-dealkylation sites (tertiary alicyclic amines) is 1. The Morgan fingerprint density at radius 2 is 1.97 bits per heavy atom. The molecule has 0 radical (unpaired) electrons. The number of hydrogen-bond donors (Lipinski definition) is 1. The number of nitrogens with one attached hydrogen (secondary N) is 1. The van der Waals surface area contributed by atoms with Crippen LogP contribution < -0.4 is 0 Å². The Morgan fingerprint density at radius 1 is 1.10 bits per heavy atom. The Hall–Kier alpha value is -2.18. The molecule has 2 fully saturated rings. The number of carbonyl (C=O) groups is 1. The minimum absolute atomic E-state index is 0.0946. The van der Waals surface area contributed by atoms with E-state index in [0.717, 1.165) is 37.2 Å². The summed E-state index contributed by atoms with van der Waals surface area (Å²) in [6.45, 7) is 4.70. The van der Waals surface area contributed by atoms with Crippen LogP contribution in [0.2, 0.25) is 0 Å². The lowest BCUT2D eigenvalue weighted by atomic mass is 9.84. The minimum atomic E-state index is 0.0946. The highest BCUT2D eigenvalue weighted by atomic mass is 16.5. The summed E-state index contributed by atoms with van der Waals surface area (Å²) in [7, 11) is 0. The fraction of sp³-hybridized carbons (Fsp3) is 0.565. The molecule has 1 aromatic carbocycles. The maximum atomic E-state index is 13.1. The number of benzene rings is 1. The number of ether oxygens (including phenoxy) is 1. The van der Waals surface area contributed by atoms with E-state index >= 15 is 0 Å². The van der Waals surface area contributed by atoms with Crippen LogP contribution in [0.25, 0.3) is 0 Å². The summed E-state index contributed by atoms with van der Waals surface area (Å²) in [4.78, 5) is 17.6. The van der Waals surface area contributed by atoms with Crippen molar-refractivity contribution in [2.75, 3.05) is 39.4 Å². The normalized spacial score (nSPS) is 25.6. The van der Waals surface area contributed by atoms with Crippen molar-refractivity contribution in [3.8, 4) is 0 Å². The van der Waals surface area contributed by atoms with Crippen LogP contribution in [0.5, 0.6) is 0 Å². The number of fused-ring (bicyclic) bond motifs is 1. The lowest BCUT2D eigenvalue weighted by Crippen LogP contribution is -2.42. The number of piperidine rings is 1. The van der Waals surface area contributed by atoms with Gasteiger partial charge in [-0.1, -0.05) is 24.3 Å². The maximum absolute atomic E-state index is 13.1. The van der Waals surface area contributed by atoms with Crippen molar-refractivity contribution in [1.82, 2.24) is 20.0 Å². The molecule has 2 atom stereocenters. The van der Waals surface area contributed by atoms with Gasteiger partial charge >= 0.3 is 0 Å². The molecule has 6 heteroatoms. The summed E-state index contributed by atoms with van der Waals surface area (Å²) in [5.74, 6) is 0.428. The largest absolute Gasteiger partial charge is 0.378 e. The van der Waals surface area contributed by atoms with Gasteiger partial charge in [0.2, 0.25) is 0 Å². The SMILES string of the molecule is O=C(c1cn[nH]c1[C@H]1CCCN([C@H]2CCCc3ccccc32)C1)N1CCOCC1. The third-order valence-electron chi connectivity index (χ3n) is 6.84. The summed E-state index contributed by atoms with van der Waals surface area (Å²) >= 11 is 0. The van der Waals surface area contributed by atoms with Crippen LogP contribution in [0.1, 0.15) is 64.8 Å². The molecule has 3 heterocycles. The van der Waals surface area contributed by atoms with Crippen molar-refractivity contribution in [3.63, 3.8) is 0 Å². The van der Waals surface area contributed by atoms with Crippen LogP contribution in [-0.2, 0) is 11.2 Å². The molecule has 1 aromatic heterocycles. The number of H-pyrrole nitrogens is 1. The molecule has 1 N–H and O–H groups in total. The third-order valence-corrected chi connectivity index (χ3v) is 6.84. The van der Waals surface area contributed by atoms with E-state index in [9.17, 15) is 4.79 Å². The second kappa shape index (κ2) is 8.28. The molecule has 2 saturated heterocycles. The molecular formula is C23H30N4O2. The number of morpholine rings is 1. The molecule has 5 rings (SSSR count). The Morgan fingerprint density at radius 3 is 2.86 bits per heavy atom. The van der Waals surface area contributed by atoms with Crippen LogP contribution >= 0.6 is 0 Å². The highest BCUT2D eigenvalue weighted by Crippen LogP contribution is 2.38. The van der Waals surface area contributed by atoms with Crippen LogP contribution in [0.4, 0.5) is 0 Å². The quantitative estimate of drug-likeness (QED) is 0.869. The lowest BCUT2D eigenvalue weighted by Gasteiger charge is -2.41. The molecular weight excluding hydrogens is 364 g/mol. The molecule has 154 valence electrons. The van der Waals surface area contributed by atoms with Gasteiger partial charge in [-0.2, -0.15) is 5.10 Å². The molecule has 29 heavy (non-hydrogen) atoms. The number of hydrogen-bond acceptors (Lipinski definition) is 4. The molecule has 0 bridgehead atoms. The van der Waals surface area contributed by atoms with Gasteiger partial charge < -0.3 is 9.64 Å². The van der Waals surface area contributed by atoms with Gasteiger partial charge in [0.05, 0.1) is 30.7 Å². The van der Waals surface area contributed by atoms with Crippen LogP contribution in [0.15, 0.2) is 30.5 Å². The van der Waals surface area contributed by atoms with Crippen molar-refractivity contribution in [1.29, 1.82) is 0 Å². The predicted molar refractivity (Wildman–Crippen MR) is 111 cm³/mol. The zero-order valence-electron chi connectivity index (χ0n) is 17.0. The fourth-order valence-corrected chi connectivity index (χ4v) is 5.35. The van der Waals surface area contributed by atoms with Crippen molar-refractivity contribution in [2.24, 2.45) is 0 Å². The standard InChI is InChI=1S/C23H30N4O2/c28-23(26-11-13-29-14-12-26)20-15-24-25-22(20)18-7-4-10-27(16-18)21-9-3-6-17-5-1-2-8-19(17)21/h1-2,5,8,15,18,21H,3-4,6-7,9-14,16H2,(H,24,25)/t18-,21-/m0/s1. The summed E-state index contributed by atoms with van der Waals surface area (Å²) in [5.41, 5.74) is 4.79. The van der Waals surface area contributed by atoms with Crippen LogP contribution in [-0.4, -0.2) is 65.3 Å². The van der Waals surface area contributed by atoms with Gasteiger partial charge in [0.1, 0.15) is 0 Å². The van der Waals surface area contributed by atoms with E-state index in [1.807, 2.05) is 4.90 Å². The van der Waals surface area contributed by atoms with Crippen molar-refractivity contribution in [2.45, 2.75) is 44.1 Å². The number of nitrogens with zero attached hydrogens (tertiary/aromatic N) is 3. The molecule has 1 aliphatic carbocycles. The van der Waals surface area contributed by atoms with Crippen LogP contribution in [0.3, 0.4) is 0 Å². The highest BCUT2D eigenvalue weighted by molar-refractivity contribution is 5.95.